The summed E-state index contributed by atoms with van der Waals surface area (Å²) in [5.41, 5.74) is 0.984. The van der Waals surface area contributed by atoms with Gasteiger partial charge in [-0.1, -0.05) is 30.3 Å². The van der Waals surface area contributed by atoms with Gasteiger partial charge in [0.05, 0.1) is 26.2 Å². The summed E-state index contributed by atoms with van der Waals surface area (Å²) in [6.45, 7) is 5.37. The summed E-state index contributed by atoms with van der Waals surface area (Å²) in [5.74, 6) is 0.453. The van der Waals surface area contributed by atoms with Crippen LogP contribution in [-0.2, 0) is 11.3 Å². The predicted molar refractivity (Wildman–Crippen MR) is 101 cm³/mol. The largest absolute Gasteiger partial charge is 0.334 e. The van der Waals surface area contributed by atoms with E-state index in [1.165, 1.54) is 0 Å². The van der Waals surface area contributed by atoms with Crippen molar-refractivity contribution < 1.29 is 14.5 Å². The van der Waals surface area contributed by atoms with E-state index in [1.54, 1.807) is 18.5 Å². The number of nitrogens with zero attached hydrogens (tertiary/aromatic N) is 3. The second kappa shape index (κ2) is 9.09. The van der Waals surface area contributed by atoms with E-state index in [2.05, 4.69) is 25.5 Å². The summed E-state index contributed by atoms with van der Waals surface area (Å²) >= 11 is 0. The molecule has 1 aromatic carbocycles. The maximum Gasteiger partial charge on any atom is 0.321 e. The number of rotatable bonds is 5. The van der Waals surface area contributed by atoms with E-state index in [-0.39, 0.29) is 11.9 Å². The molecule has 0 bridgehead atoms. The van der Waals surface area contributed by atoms with Crippen LogP contribution in [0.3, 0.4) is 0 Å². The SMILES string of the molecule is C[C@H](C(=O)NC(=O)NCc1ccccc1)[NH+]1CCN(c2ncccn2)CC1. The molecule has 1 aliphatic rings. The summed E-state index contributed by atoms with van der Waals surface area (Å²) in [6, 6.07) is 10.6. The Morgan fingerprint density at radius 2 is 1.78 bits per heavy atom. The van der Waals surface area contributed by atoms with Crippen molar-refractivity contribution in [3.8, 4) is 0 Å². The highest BCUT2D eigenvalue weighted by Gasteiger charge is 2.30. The monoisotopic (exact) mass is 369 g/mol. The highest BCUT2D eigenvalue weighted by Crippen LogP contribution is 2.04. The van der Waals surface area contributed by atoms with E-state index < -0.39 is 6.03 Å². The molecule has 0 aliphatic carbocycles. The van der Waals surface area contributed by atoms with Crippen LogP contribution in [-0.4, -0.2) is 54.1 Å². The van der Waals surface area contributed by atoms with Gasteiger partial charge in [0.15, 0.2) is 6.04 Å². The van der Waals surface area contributed by atoms with Crippen LogP contribution < -0.4 is 20.4 Å². The van der Waals surface area contributed by atoms with Crippen molar-refractivity contribution >= 4 is 17.9 Å². The van der Waals surface area contributed by atoms with E-state index in [1.807, 2.05) is 37.3 Å². The van der Waals surface area contributed by atoms with E-state index in [0.717, 1.165) is 36.6 Å². The summed E-state index contributed by atoms with van der Waals surface area (Å²) < 4.78 is 0. The molecular weight excluding hydrogens is 344 g/mol. The molecule has 2 aromatic rings. The van der Waals surface area contributed by atoms with Crippen LogP contribution in [0.5, 0.6) is 0 Å². The van der Waals surface area contributed by atoms with Gasteiger partial charge in [-0.2, -0.15) is 0 Å². The maximum absolute atomic E-state index is 12.4. The molecule has 2 heterocycles. The van der Waals surface area contributed by atoms with Gasteiger partial charge in [-0.3, -0.25) is 10.1 Å². The number of quaternary nitrogens is 1. The van der Waals surface area contributed by atoms with Crippen molar-refractivity contribution in [2.45, 2.75) is 19.5 Å². The normalized spacial score (nSPS) is 15.8. The van der Waals surface area contributed by atoms with Crippen molar-refractivity contribution in [3.05, 3.63) is 54.4 Å². The molecule has 1 fully saturated rings. The number of piperazine rings is 1. The van der Waals surface area contributed by atoms with E-state index in [0.29, 0.717) is 12.5 Å². The lowest BCUT2D eigenvalue weighted by molar-refractivity contribution is -0.914. The molecule has 0 saturated carbocycles. The fraction of sp³-hybridized carbons (Fsp3) is 0.368. The number of hydrogen-bond acceptors (Lipinski definition) is 5. The average molecular weight is 369 g/mol. The zero-order valence-electron chi connectivity index (χ0n) is 15.4. The molecule has 3 N–H and O–H groups in total. The fourth-order valence-corrected chi connectivity index (χ4v) is 3.11. The van der Waals surface area contributed by atoms with Gasteiger partial charge in [-0.25, -0.2) is 14.8 Å². The fourth-order valence-electron chi connectivity index (χ4n) is 3.11. The molecule has 8 heteroatoms. The Hall–Kier alpha value is -3.00. The molecule has 1 aliphatic heterocycles. The molecule has 142 valence electrons. The van der Waals surface area contributed by atoms with Crippen molar-refractivity contribution in [1.29, 1.82) is 0 Å². The number of nitrogens with one attached hydrogen (secondary N) is 3. The van der Waals surface area contributed by atoms with E-state index in [9.17, 15) is 9.59 Å². The van der Waals surface area contributed by atoms with Gasteiger partial charge in [0, 0.05) is 18.9 Å². The van der Waals surface area contributed by atoms with E-state index >= 15 is 0 Å². The summed E-state index contributed by atoms with van der Waals surface area (Å²) in [7, 11) is 0. The smallest absolute Gasteiger partial charge is 0.321 e. The zero-order chi connectivity index (χ0) is 19.1. The number of benzene rings is 1. The van der Waals surface area contributed by atoms with Gasteiger partial charge in [0.2, 0.25) is 5.95 Å². The van der Waals surface area contributed by atoms with Gasteiger partial charge in [-0.15, -0.1) is 0 Å². The van der Waals surface area contributed by atoms with Crippen molar-refractivity contribution in [2.24, 2.45) is 0 Å². The van der Waals surface area contributed by atoms with Gasteiger partial charge >= 0.3 is 6.03 Å². The number of carbonyl (C=O) groups excluding carboxylic acids is 2. The Balaban J connectivity index is 1.43. The van der Waals surface area contributed by atoms with Crippen molar-refractivity contribution in [1.82, 2.24) is 20.6 Å². The quantitative estimate of drug-likeness (QED) is 0.667. The summed E-state index contributed by atoms with van der Waals surface area (Å²) in [5, 5.41) is 5.15. The molecular formula is C19H25N6O2+. The topological polar surface area (TPSA) is 91.7 Å². The maximum atomic E-state index is 12.4. The Bertz CT molecular complexity index is 747. The van der Waals surface area contributed by atoms with Crippen molar-refractivity contribution in [3.63, 3.8) is 0 Å². The summed E-state index contributed by atoms with van der Waals surface area (Å²) in [4.78, 5) is 36.2. The number of anilines is 1. The highest BCUT2D eigenvalue weighted by molar-refractivity contribution is 5.96. The third-order valence-electron chi connectivity index (χ3n) is 4.78. The number of aromatic nitrogens is 2. The van der Waals surface area contributed by atoms with Gasteiger partial charge < -0.3 is 15.1 Å². The Kier molecular flexibility index (Phi) is 6.32. The number of amides is 3. The minimum absolute atomic E-state index is 0.264. The molecule has 1 saturated heterocycles. The molecule has 1 aromatic heterocycles. The third kappa shape index (κ3) is 5.24. The van der Waals surface area contributed by atoms with E-state index in [4.69, 9.17) is 0 Å². The van der Waals surface area contributed by atoms with Crippen LogP contribution in [0.1, 0.15) is 12.5 Å². The van der Waals surface area contributed by atoms with Crippen molar-refractivity contribution in [2.75, 3.05) is 31.1 Å². The van der Waals surface area contributed by atoms with Crippen LogP contribution >= 0.6 is 0 Å². The standard InChI is InChI=1S/C19H24N6O2/c1-15(17(26)23-19(27)22-14-16-6-3-2-4-7-16)24-10-12-25(13-11-24)18-20-8-5-9-21-18/h2-9,15H,10-14H2,1H3,(H2,22,23,26,27)/p+1/t15-/m1/s1. The lowest BCUT2D eigenvalue weighted by Gasteiger charge is -2.34. The van der Waals surface area contributed by atoms with Crippen LogP contribution in [0, 0.1) is 0 Å². The second-order valence-electron chi connectivity index (χ2n) is 6.57. The number of carbonyl (C=O) groups is 2. The third-order valence-corrected chi connectivity index (χ3v) is 4.78. The molecule has 1 atom stereocenters. The number of hydrogen-bond donors (Lipinski definition) is 3. The molecule has 0 unspecified atom stereocenters. The highest BCUT2D eigenvalue weighted by atomic mass is 16.2. The lowest BCUT2D eigenvalue weighted by atomic mass is 10.2. The average Bonchev–Trinajstić information content (AvgIpc) is 2.73. The van der Waals surface area contributed by atoms with Crippen LogP contribution in [0.25, 0.3) is 0 Å². The molecule has 0 spiro atoms. The molecule has 0 radical (unpaired) electrons. The summed E-state index contributed by atoms with van der Waals surface area (Å²) in [6.07, 6.45) is 3.46. The van der Waals surface area contributed by atoms with Gasteiger partial charge in [0.25, 0.3) is 5.91 Å². The van der Waals surface area contributed by atoms with Crippen LogP contribution in [0.4, 0.5) is 10.7 Å². The molecule has 3 amide bonds. The van der Waals surface area contributed by atoms with Crippen LogP contribution in [0.2, 0.25) is 0 Å². The van der Waals surface area contributed by atoms with Gasteiger partial charge in [0.1, 0.15) is 0 Å². The van der Waals surface area contributed by atoms with Gasteiger partial charge in [-0.05, 0) is 18.6 Å². The predicted octanol–water partition coefficient (Wildman–Crippen LogP) is -0.404. The Labute approximate surface area is 158 Å². The van der Waals surface area contributed by atoms with Crippen LogP contribution in [0.15, 0.2) is 48.8 Å². The number of imide groups is 1. The minimum atomic E-state index is -0.466. The first kappa shape index (κ1) is 18.8. The molecule has 27 heavy (non-hydrogen) atoms. The lowest BCUT2D eigenvalue weighted by Crippen LogP contribution is -3.19. The number of urea groups is 1. The molecule has 8 nitrogen and oxygen atoms in total. The zero-order valence-corrected chi connectivity index (χ0v) is 15.4. The second-order valence-corrected chi connectivity index (χ2v) is 6.57. The first-order valence-corrected chi connectivity index (χ1v) is 9.12. The Morgan fingerprint density at radius 1 is 1.11 bits per heavy atom. The first-order valence-electron chi connectivity index (χ1n) is 9.12. The Morgan fingerprint density at radius 3 is 2.44 bits per heavy atom. The first-order chi connectivity index (χ1) is 13.1. The molecule has 3 rings (SSSR count). The minimum Gasteiger partial charge on any atom is -0.334 e.